The Hall–Kier alpha value is -0.160. The molecule has 4 atom stereocenters. The maximum Gasteiger partial charge on any atom is 0.00535 e. The second kappa shape index (κ2) is 18.2. The predicted molar refractivity (Wildman–Crippen MR) is 117 cm³/mol. The van der Waals surface area contributed by atoms with E-state index >= 15 is 0 Å². The zero-order valence-electron chi connectivity index (χ0n) is 17.9. The Bertz CT molecular complexity index is 283. The molecule has 0 radical (unpaired) electrons. The van der Waals surface area contributed by atoms with Gasteiger partial charge in [0.15, 0.2) is 0 Å². The zero-order valence-corrected chi connectivity index (χ0v) is 17.9. The van der Waals surface area contributed by atoms with Gasteiger partial charge in [0, 0.05) is 18.1 Å². The number of unbranched alkanes of at least 4 members (excludes halogenated alkanes) is 6. The van der Waals surface area contributed by atoms with Crippen molar-refractivity contribution >= 4 is 0 Å². The van der Waals surface area contributed by atoms with Crippen molar-refractivity contribution in [3.05, 3.63) is 0 Å². The molecular weight excluding hydrogens is 320 g/mol. The van der Waals surface area contributed by atoms with E-state index in [1.54, 1.807) is 0 Å². The quantitative estimate of drug-likeness (QED) is 0.252. The van der Waals surface area contributed by atoms with Gasteiger partial charge in [-0.2, -0.15) is 0 Å². The van der Waals surface area contributed by atoms with Crippen LogP contribution in [0.15, 0.2) is 0 Å². The molecule has 0 amide bonds. The van der Waals surface area contributed by atoms with Crippen LogP contribution >= 0.6 is 0 Å². The second-order valence-electron chi connectivity index (χ2n) is 8.75. The standard InChI is InChI=1S/C22H50N4/c1-19(12-9-10-17-23)13-11-16-22(26)18-21(25)15-8-6-4-3-5-7-14-20(2)24/h19-22H,3-18,23-26H2,1-2H3. The monoisotopic (exact) mass is 370 g/mol. The van der Waals surface area contributed by atoms with Gasteiger partial charge in [0.1, 0.15) is 0 Å². The molecule has 4 heteroatoms. The predicted octanol–water partition coefficient (Wildman–Crippen LogP) is 4.43. The Labute approximate surface area is 164 Å². The third kappa shape index (κ3) is 18.6. The first-order chi connectivity index (χ1) is 12.5. The molecule has 0 saturated carbocycles. The van der Waals surface area contributed by atoms with Crippen LogP contribution in [0.25, 0.3) is 0 Å². The van der Waals surface area contributed by atoms with Gasteiger partial charge in [0.05, 0.1) is 0 Å². The number of rotatable bonds is 19. The van der Waals surface area contributed by atoms with Crippen LogP contribution in [0.1, 0.15) is 110 Å². The van der Waals surface area contributed by atoms with Gasteiger partial charge in [-0.25, -0.2) is 0 Å². The van der Waals surface area contributed by atoms with Crippen LogP contribution in [0.2, 0.25) is 0 Å². The molecule has 0 aliphatic carbocycles. The van der Waals surface area contributed by atoms with E-state index in [1.165, 1.54) is 64.2 Å². The second-order valence-corrected chi connectivity index (χ2v) is 8.75. The summed E-state index contributed by atoms with van der Waals surface area (Å²) in [7, 11) is 0. The summed E-state index contributed by atoms with van der Waals surface area (Å²) in [5.74, 6) is 0.801. The lowest BCUT2D eigenvalue weighted by Gasteiger charge is -2.18. The molecule has 0 fully saturated rings. The zero-order chi connectivity index (χ0) is 19.6. The van der Waals surface area contributed by atoms with Crippen molar-refractivity contribution in [1.82, 2.24) is 0 Å². The average molecular weight is 371 g/mol. The lowest BCUT2D eigenvalue weighted by molar-refractivity contribution is 0.407. The van der Waals surface area contributed by atoms with Crippen LogP contribution in [0.4, 0.5) is 0 Å². The maximum atomic E-state index is 6.29. The molecule has 158 valence electrons. The highest BCUT2D eigenvalue weighted by molar-refractivity contribution is 4.71. The molecule has 0 aromatic rings. The van der Waals surface area contributed by atoms with Crippen molar-refractivity contribution in [2.45, 2.75) is 128 Å². The van der Waals surface area contributed by atoms with Crippen molar-refractivity contribution in [2.75, 3.05) is 6.54 Å². The summed E-state index contributed by atoms with van der Waals surface area (Å²) in [5, 5.41) is 0. The van der Waals surface area contributed by atoms with E-state index < -0.39 is 0 Å². The number of nitrogens with two attached hydrogens (primary N) is 4. The molecule has 4 nitrogen and oxygen atoms in total. The first-order valence-corrected chi connectivity index (χ1v) is 11.4. The first-order valence-electron chi connectivity index (χ1n) is 11.4. The molecule has 0 aliphatic rings. The van der Waals surface area contributed by atoms with Gasteiger partial charge in [-0.1, -0.05) is 71.1 Å². The summed E-state index contributed by atoms with van der Waals surface area (Å²) in [4.78, 5) is 0. The summed E-state index contributed by atoms with van der Waals surface area (Å²) in [6.45, 7) is 5.27. The van der Waals surface area contributed by atoms with E-state index in [2.05, 4.69) is 13.8 Å². The summed E-state index contributed by atoms with van der Waals surface area (Å²) < 4.78 is 0. The Kier molecular flexibility index (Phi) is 18.1. The third-order valence-corrected chi connectivity index (χ3v) is 5.51. The van der Waals surface area contributed by atoms with Crippen LogP contribution < -0.4 is 22.9 Å². The SMILES string of the molecule is CC(N)CCCCCCCCC(N)CC(N)CCCC(C)CCCCN. The van der Waals surface area contributed by atoms with Gasteiger partial charge in [0.25, 0.3) is 0 Å². The fourth-order valence-electron chi connectivity index (χ4n) is 3.71. The van der Waals surface area contributed by atoms with E-state index in [-0.39, 0.29) is 12.1 Å². The van der Waals surface area contributed by atoms with Crippen LogP contribution in [-0.2, 0) is 0 Å². The molecule has 0 saturated heterocycles. The molecule has 0 spiro atoms. The van der Waals surface area contributed by atoms with E-state index in [4.69, 9.17) is 22.9 Å². The largest absolute Gasteiger partial charge is 0.330 e. The van der Waals surface area contributed by atoms with Gasteiger partial charge in [-0.3, -0.25) is 0 Å². The smallest absolute Gasteiger partial charge is 0.00535 e. The lowest BCUT2D eigenvalue weighted by atomic mass is 9.94. The van der Waals surface area contributed by atoms with E-state index in [0.29, 0.717) is 6.04 Å². The fraction of sp³-hybridized carbons (Fsp3) is 1.00. The molecule has 26 heavy (non-hydrogen) atoms. The van der Waals surface area contributed by atoms with Gasteiger partial charge < -0.3 is 22.9 Å². The minimum atomic E-state index is 0.277. The van der Waals surface area contributed by atoms with Gasteiger partial charge in [-0.15, -0.1) is 0 Å². The number of hydrogen-bond donors (Lipinski definition) is 4. The Morgan fingerprint density at radius 1 is 0.538 bits per heavy atom. The molecule has 0 aromatic carbocycles. The van der Waals surface area contributed by atoms with Crippen molar-refractivity contribution in [3.8, 4) is 0 Å². The Morgan fingerprint density at radius 3 is 1.58 bits per heavy atom. The average Bonchev–Trinajstić information content (AvgIpc) is 2.57. The van der Waals surface area contributed by atoms with Crippen molar-refractivity contribution in [3.63, 3.8) is 0 Å². The highest BCUT2D eigenvalue weighted by Crippen LogP contribution is 2.17. The highest BCUT2D eigenvalue weighted by atomic mass is 14.7. The molecule has 0 aliphatic heterocycles. The van der Waals surface area contributed by atoms with E-state index in [1.807, 2.05) is 0 Å². The Morgan fingerprint density at radius 2 is 1.00 bits per heavy atom. The third-order valence-electron chi connectivity index (χ3n) is 5.51. The van der Waals surface area contributed by atoms with Crippen LogP contribution in [0, 0.1) is 5.92 Å². The van der Waals surface area contributed by atoms with Crippen molar-refractivity contribution < 1.29 is 0 Å². The van der Waals surface area contributed by atoms with Gasteiger partial charge >= 0.3 is 0 Å². The summed E-state index contributed by atoms with van der Waals surface area (Å²) >= 11 is 0. The first kappa shape index (κ1) is 25.8. The van der Waals surface area contributed by atoms with Crippen LogP contribution in [0.5, 0.6) is 0 Å². The normalized spacial score (nSPS) is 16.4. The van der Waals surface area contributed by atoms with E-state index in [0.717, 1.165) is 44.6 Å². The Balaban J connectivity index is 3.46. The summed E-state index contributed by atoms with van der Waals surface area (Å²) in [5.41, 5.74) is 23.9. The van der Waals surface area contributed by atoms with Crippen molar-refractivity contribution in [1.29, 1.82) is 0 Å². The van der Waals surface area contributed by atoms with Crippen LogP contribution in [-0.4, -0.2) is 24.7 Å². The summed E-state index contributed by atoms with van der Waals surface area (Å²) in [6, 6.07) is 0.918. The minimum absolute atomic E-state index is 0.277. The molecule has 0 rings (SSSR count). The molecule has 0 aromatic heterocycles. The molecule has 8 N–H and O–H groups in total. The van der Waals surface area contributed by atoms with Gasteiger partial charge in [-0.05, 0) is 51.5 Å². The topological polar surface area (TPSA) is 104 Å². The molecule has 0 bridgehead atoms. The van der Waals surface area contributed by atoms with E-state index in [9.17, 15) is 0 Å². The van der Waals surface area contributed by atoms with Crippen LogP contribution in [0.3, 0.4) is 0 Å². The molecule has 4 unspecified atom stereocenters. The fourth-order valence-corrected chi connectivity index (χ4v) is 3.71. The van der Waals surface area contributed by atoms with Crippen molar-refractivity contribution in [2.24, 2.45) is 28.9 Å². The minimum Gasteiger partial charge on any atom is -0.330 e. The van der Waals surface area contributed by atoms with Gasteiger partial charge in [0.2, 0.25) is 0 Å². The number of hydrogen-bond acceptors (Lipinski definition) is 4. The maximum absolute atomic E-state index is 6.29. The molecule has 0 heterocycles. The summed E-state index contributed by atoms with van der Waals surface area (Å²) in [6.07, 6.45) is 18.5. The molecular formula is C22H50N4. The lowest BCUT2D eigenvalue weighted by Crippen LogP contribution is -2.31. The highest BCUT2D eigenvalue weighted by Gasteiger charge is 2.10.